The first-order valence-corrected chi connectivity index (χ1v) is 9.02. The molecule has 2 aliphatic heterocycles. The molecule has 4 heteroatoms. The highest BCUT2D eigenvalue weighted by atomic mass is 16.5. The lowest BCUT2D eigenvalue weighted by Gasteiger charge is -2.38. The number of fused-ring (bicyclic) bond motifs is 2. The Hall–Kier alpha value is -2.04. The van der Waals surface area contributed by atoms with E-state index in [0.29, 0.717) is 6.04 Å². The van der Waals surface area contributed by atoms with Crippen LogP contribution < -0.4 is 9.47 Å². The van der Waals surface area contributed by atoms with Gasteiger partial charge in [-0.15, -0.1) is 0 Å². The van der Waals surface area contributed by atoms with Crippen LogP contribution in [0.3, 0.4) is 0 Å². The number of methoxy groups -OCH3 is 1. The van der Waals surface area contributed by atoms with Gasteiger partial charge in [0, 0.05) is 43.9 Å². The number of rotatable bonds is 2. The smallest absolute Gasteiger partial charge is 0.134 e. The van der Waals surface area contributed by atoms with Crippen molar-refractivity contribution in [1.82, 2.24) is 9.80 Å². The molecule has 0 radical (unpaired) electrons. The molecule has 1 fully saturated rings. The Kier molecular flexibility index (Phi) is 4.40. The average Bonchev–Trinajstić information content (AvgIpc) is 2.78. The SMILES string of the molecule is COc1ccc2c(c1)Oc1ccc(C)cc1C(N1CCN(C)CC1)C2. The van der Waals surface area contributed by atoms with Crippen LogP contribution in [0.5, 0.6) is 17.2 Å². The van der Waals surface area contributed by atoms with Gasteiger partial charge in [0.25, 0.3) is 0 Å². The highest BCUT2D eigenvalue weighted by Crippen LogP contribution is 2.42. The van der Waals surface area contributed by atoms with Crippen molar-refractivity contribution >= 4 is 0 Å². The van der Waals surface area contributed by atoms with Crippen LogP contribution >= 0.6 is 0 Å². The normalized spacial score (nSPS) is 21.0. The summed E-state index contributed by atoms with van der Waals surface area (Å²) in [5.41, 5.74) is 3.84. The van der Waals surface area contributed by atoms with E-state index in [2.05, 4.69) is 48.0 Å². The largest absolute Gasteiger partial charge is 0.497 e. The van der Waals surface area contributed by atoms with Crippen molar-refractivity contribution in [3.8, 4) is 17.2 Å². The molecule has 2 aromatic rings. The zero-order chi connectivity index (χ0) is 17.4. The van der Waals surface area contributed by atoms with Crippen LogP contribution in [-0.4, -0.2) is 50.1 Å². The molecule has 132 valence electrons. The number of hydrogen-bond acceptors (Lipinski definition) is 4. The predicted molar refractivity (Wildman–Crippen MR) is 99.8 cm³/mol. The van der Waals surface area contributed by atoms with Gasteiger partial charge in [-0.1, -0.05) is 23.8 Å². The number of piperazine rings is 1. The number of benzene rings is 2. The first kappa shape index (κ1) is 16.4. The van der Waals surface area contributed by atoms with Crippen LogP contribution in [-0.2, 0) is 6.42 Å². The third-order valence-corrected chi connectivity index (χ3v) is 5.41. The Morgan fingerprint density at radius 3 is 2.56 bits per heavy atom. The maximum Gasteiger partial charge on any atom is 0.134 e. The number of nitrogens with zero attached hydrogens (tertiary/aromatic N) is 2. The number of likely N-dealkylation sites (N-methyl/N-ethyl adjacent to an activating group) is 1. The first-order chi connectivity index (χ1) is 12.1. The second kappa shape index (κ2) is 6.70. The Balaban J connectivity index is 1.76. The molecule has 4 nitrogen and oxygen atoms in total. The van der Waals surface area contributed by atoms with Crippen molar-refractivity contribution in [1.29, 1.82) is 0 Å². The molecule has 0 bridgehead atoms. The third kappa shape index (κ3) is 3.24. The summed E-state index contributed by atoms with van der Waals surface area (Å²) in [6.45, 7) is 6.59. The molecule has 0 N–H and O–H groups in total. The summed E-state index contributed by atoms with van der Waals surface area (Å²) in [7, 11) is 3.90. The molecule has 0 aromatic heterocycles. The molecule has 1 saturated heterocycles. The Morgan fingerprint density at radius 1 is 1.00 bits per heavy atom. The van der Waals surface area contributed by atoms with Gasteiger partial charge in [0.05, 0.1) is 7.11 Å². The monoisotopic (exact) mass is 338 g/mol. The lowest BCUT2D eigenvalue weighted by molar-refractivity contribution is 0.111. The molecule has 2 heterocycles. The summed E-state index contributed by atoms with van der Waals surface area (Å²) in [6.07, 6.45) is 0.972. The van der Waals surface area contributed by atoms with E-state index >= 15 is 0 Å². The van der Waals surface area contributed by atoms with Gasteiger partial charge in [0.15, 0.2) is 0 Å². The lowest BCUT2D eigenvalue weighted by atomic mass is 9.95. The van der Waals surface area contributed by atoms with Crippen molar-refractivity contribution in [2.45, 2.75) is 19.4 Å². The highest BCUT2D eigenvalue weighted by molar-refractivity contribution is 5.50. The minimum Gasteiger partial charge on any atom is -0.497 e. The second-order valence-corrected chi connectivity index (χ2v) is 7.18. The fraction of sp³-hybridized carbons (Fsp3) is 0.429. The molecule has 25 heavy (non-hydrogen) atoms. The van der Waals surface area contributed by atoms with Crippen LogP contribution in [0.2, 0.25) is 0 Å². The summed E-state index contributed by atoms with van der Waals surface area (Å²) >= 11 is 0. The predicted octanol–water partition coefficient (Wildman–Crippen LogP) is 3.64. The van der Waals surface area contributed by atoms with Crippen molar-refractivity contribution in [2.75, 3.05) is 40.3 Å². The van der Waals surface area contributed by atoms with E-state index in [1.807, 2.05) is 12.1 Å². The van der Waals surface area contributed by atoms with Gasteiger partial charge in [-0.25, -0.2) is 0 Å². The van der Waals surface area contributed by atoms with E-state index in [9.17, 15) is 0 Å². The Bertz CT molecular complexity index is 766. The standard InChI is InChI=1S/C21H26N2O2/c1-15-4-7-20-18(12-15)19(23-10-8-22(2)9-11-23)13-16-5-6-17(24-3)14-21(16)25-20/h4-7,12,14,19H,8-11,13H2,1-3H3. The molecular formula is C21H26N2O2. The van der Waals surface area contributed by atoms with E-state index < -0.39 is 0 Å². The van der Waals surface area contributed by atoms with Gasteiger partial charge < -0.3 is 14.4 Å². The molecule has 0 saturated carbocycles. The molecule has 1 unspecified atom stereocenters. The van der Waals surface area contributed by atoms with Crippen LogP contribution in [0.1, 0.15) is 22.7 Å². The number of ether oxygens (including phenoxy) is 2. The molecule has 0 spiro atoms. The quantitative estimate of drug-likeness (QED) is 0.835. The average molecular weight is 338 g/mol. The van der Waals surface area contributed by atoms with Gasteiger partial charge in [-0.05, 0) is 38.1 Å². The van der Waals surface area contributed by atoms with Gasteiger partial charge in [-0.3, -0.25) is 4.90 Å². The van der Waals surface area contributed by atoms with E-state index in [0.717, 1.165) is 49.8 Å². The Morgan fingerprint density at radius 2 is 1.80 bits per heavy atom. The molecule has 2 aromatic carbocycles. The fourth-order valence-corrected chi connectivity index (χ4v) is 3.84. The van der Waals surface area contributed by atoms with Gasteiger partial charge >= 0.3 is 0 Å². The summed E-state index contributed by atoms with van der Waals surface area (Å²) < 4.78 is 11.7. The van der Waals surface area contributed by atoms with E-state index in [1.165, 1.54) is 16.7 Å². The summed E-state index contributed by atoms with van der Waals surface area (Å²) in [6, 6.07) is 13.1. The Labute approximate surface area is 150 Å². The fourth-order valence-electron chi connectivity index (χ4n) is 3.84. The molecule has 4 rings (SSSR count). The zero-order valence-corrected chi connectivity index (χ0v) is 15.3. The molecular weight excluding hydrogens is 312 g/mol. The van der Waals surface area contributed by atoms with Crippen LogP contribution in [0, 0.1) is 6.92 Å². The lowest BCUT2D eigenvalue weighted by Crippen LogP contribution is -2.46. The summed E-state index contributed by atoms with van der Waals surface area (Å²) in [4.78, 5) is 5.01. The van der Waals surface area contributed by atoms with Crippen molar-refractivity contribution in [2.24, 2.45) is 0 Å². The third-order valence-electron chi connectivity index (χ3n) is 5.41. The highest BCUT2D eigenvalue weighted by Gasteiger charge is 2.30. The molecule has 0 amide bonds. The zero-order valence-electron chi connectivity index (χ0n) is 15.3. The van der Waals surface area contributed by atoms with Crippen molar-refractivity contribution in [3.63, 3.8) is 0 Å². The summed E-state index contributed by atoms with van der Waals surface area (Å²) in [5, 5.41) is 0. The number of hydrogen-bond donors (Lipinski definition) is 0. The minimum atomic E-state index is 0.359. The van der Waals surface area contributed by atoms with Crippen molar-refractivity contribution < 1.29 is 9.47 Å². The molecule has 0 aliphatic carbocycles. The van der Waals surface area contributed by atoms with E-state index in [-0.39, 0.29) is 0 Å². The number of aryl methyl sites for hydroxylation is 1. The van der Waals surface area contributed by atoms with Crippen LogP contribution in [0.25, 0.3) is 0 Å². The maximum absolute atomic E-state index is 6.33. The summed E-state index contributed by atoms with van der Waals surface area (Å²) in [5.74, 6) is 2.73. The van der Waals surface area contributed by atoms with Gasteiger partial charge in [0.2, 0.25) is 0 Å². The van der Waals surface area contributed by atoms with Crippen LogP contribution in [0.4, 0.5) is 0 Å². The van der Waals surface area contributed by atoms with Crippen molar-refractivity contribution in [3.05, 3.63) is 53.1 Å². The first-order valence-electron chi connectivity index (χ1n) is 9.02. The second-order valence-electron chi connectivity index (χ2n) is 7.18. The molecule has 2 aliphatic rings. The van der Waals surface area contributed by atoms with Crippen LogP contribution in [0.15, 0.2) is 36.4 Å². The van der Waals surface area contributed by atoms with E-state index in [4.69, 9.17) is 9.47 Å². The molecule has 1 atom stereocenters. The van der Waals surface area contributed by atoms with E-state index in [1.54, 1.807) is 7.11 Å². The topological polar surface area (TPSA) is 24.9 Å². The maximum atomic E-state index is 6.33. The van der Waals surface area contributed by atoms with Gasteiger partial charge in [0.1, 0.15) is 17.2 Å². The minimum absolute atomic E-state index is 0.359. The van der Waals surface area contributed by atoms with Gasteiger partial charge in [-0.2, -0.15) is 0 Å².